The number of nitrogens with zero attached hydrogens (tertiary/aromatic N) is 1. The Morgan fingerprint density at radius 1 is 0.933 bits per heavy atom. The molecule has 6 nitrogen and oxygen atoms in total. The minimum absolute atomic E-state index is 0.0582. The summed E-state index contributed by atoms with van der Waals surface area (Å²) in [6.45, 7) is 4.27. The van der Waals surface area contributed by atoms with E-state index in [4.69, 9.17) is 9.05 Å². The van der Waals surface area contributed by atoms with Crippen LogP contribution in [-0.4, -0.2) is 29.2 Å². The summed E-state index contributed by atoms with van der Waals surface area (Å²) in [7, 11) is -6.80. The fraction of sp³-hybridized carbons (Fsp3) is 0.294. The third-order valence-electron chi connectivity index (χ3n) is 4.35. The largest absolute Gasteiger partial charge is 0.424 e. The quantitative estimate of drug-likeness (QED) is 0.264. The molecule has 0 aliphatic rings. The summed E-state index contributed by atoms with van der Waals surface area (Å²) in [4.78, 5) is -2.00. The maximum absolute atomic E-state index is 14.1. The highest BCUT2D eigenvalue weighted by atomic mass is 32.2. The molecule has 2 aromatic rings. The van der Waals surface area contributed by atoms with Crippen LogP contribution in [0.5, 0.6) is 5.75 Å². The first-order valence-corrected chi connectivity index (χ1v) is 11.5. The fourth-order valence-corrected chi connectivity index (χ4v) is 4.30. The molecule has 2 rings (SSSR count). The van der Waals surface area contributed by atoms with Crippen LogP contribution in [-0.2, 0) is 19.1 Å². The molecule has 0 bridgehead atoms. The second-order valence-electron chi connectivity index (χ2n) is 6.30. The summed E-state index contributed by atoms with van der Waals surface area (Å²) in [6, 6.07) is 2.36. The molecule has 1 unspecified atom stereocenters. The zero-order chi connectivity index (χ0) is 23.2. The fourth-order valence-electron chi connectivity index (χ4n) is 2.39. The number of anilines is 1. The predicted octanol–water partition coefficient (Wildman–Crippen LogP) is 4.67. The summed E-state index contributed by atoms with van der Waals surface area (Å²) < 4.78 is 116. The van der Waals surface area contributed by atoms with E-state index in [0.29, 0.717) is 15.4 Å². The van der Waals surface area contributed by atoms with Crippen molar-refractivity contribution >= 4 is 23.3 Å². The van der Waals surface area contributed by atoms with Crippen molar-refractivity contribution in [3.05, 3.63) is 52.3 Å². The van der Waals surface area contributed by atoms with Gasteiger partial charge < -0.3 is 9.05 Å². The number of sulfonamides is 1. The van der Waals surface area contributed by atoms with Gasteiger partial charge in [0.15, 0.2) is 28.2 Å². The number of halogens is 5. The number of aryl methyl sites for hydroxylation is 1. The molecular formula is C17H17F5NO5PS. The Morgan fingerprint density at radius 2 is 1.40 bits per heavy atom. The van der Waals surface area contributed by atoms with Crippen molar-refractivity contribution < 1.29 is 44.0 Å². The van der Waals surface area contributed by atoms with Crippen LogP contribution in [0.1, 0.15) is 11.1 Å². The number of hydrogen-bond acceptors (Lipinski definition) is 5. The maximum atomic E-state index is 14.1. The third kappa shape index (κ3) is 4.17. The van der Waals surface area contributed by atoms with E-state index in [1.165, 1.54) is 13.0 Å². The van der Waals surface area contributed by atoms with Crippen molar-refractivity contribution in [1.82, 2.24) is 0 Å². The van der Waals surface area contributed by atoms with Gasteiger partial charge >= 0.3 is 7.60 Å². The third-order valence-corrected chi connectivity index (χ3v) is 7.35. The van der Waals surface area contributed by atoms with Crippen molar-refractivity contribution in [3.63, 3.8) is 0 Å². The van der Waals surface area contributed by atoms with Crippen LogP contribution in [0, 0.1) is 42.9 Å². The lowest BCUT2D eigenvalue weighted by Gasteiger charge is -2.23. The second-order valence-corrected chi connectivity index (χ2v) is 10.3. The Labute approximate surface area is 169 Å². The van der Waals surface area contributed by atoms with Crippen LogP contribution in [0.3, 0.4) is 0 Å². The van der Waals surface area contributed by atoms with E-state index in [-0.39, 0.29) is 11.4 Å². The summed E-state index contributed by atoms with van der Waals surface area (Å²) in [5, 5.41) is 0. The molecule has 0 aliphatic heterocycles. The van der Waals surface area contributed by atoms with E-state index in [1.807, 2.05) is 0 Å². The summed E-state index contributed by atoms with van der Waals surface area (Å²) in [5.41, 5.74) is 0.645. The van der Waals surface area contributed by atoms with Crippen LogP contribution in [0.2, 0.25) is 0 Å². The van der Waals surface area contributed by atoms with Crippen LogP contribution < -0.4 is 8.83 Å². The topological polar surface area (TPSA) is 72.9 Å². The van der Waals surface area contributed by atoms with Gasteiger partial charge in [0.1, 0.15) is 5.75 Å². The van der Waals surface area contributed by atoms with Crippen molar-refractivity contribution in [1.29, 1.82) is 0 Å². The van der Waals surface area contributed by atoms with Gasteiger partial charge in [-0.3, -0.25) is 4.31 Å². The highest BCUT2D eigenvalue weighted by molar-refractivity contribution is 7.92. The van der Waals surface area contributed by atoms with Gasteiger partial charge in [0, 0.05) is 26.9 Å². The SMILES string of the molecule is COP(C)(=O)Oc1cc(N(C)S(=O)(=O)c2c(F)c(F)c(F)c(F)c2F)cc(C)c1C. The monoisotopic (exact) mass is 473 g/mol. The zero-order valence-corrected chi connectivity index (χ0v) is 18.1. The maximum Gasteiger partial charge on any atom is 0.375 e. The number of hydrogen-bond donors (Lipinski definition) is 0. The molecule has 0 saturated heterocycles. The van der Waals surface area contributed by atoms with Crippen LogP contribution in [0.15, 0.2) is 17.0 Å². The van der Waals surface area contributed by atoms with Crippen molar-refractivity contribution in [3.8, 4) is 5.75 Å². The van der Waals surface area contributed by atoms with Gasteiger partial charge in [0.05, 0.1) is 5.69 Å². The molecule has 2 aromatic carbocycles. The molecule has 0 fully saturated rings. The molecule has 13 heteroatoms. The number of rotatable bonds is 6. The predicted molar refractivity (Wildman–Crippen MR) is 98.9 cm³/mol. The minimum Gasteiger partial charge on any atom is -0.424 e. The smallest absolute Gasteiger partial charge is 0.375 e. The Kier molecular flexibility index (Phi) is 6.56. The first kappa shape index (κ1) is 24.1. The number of benzene rings is 2. The Bertz CT molecular complexity index is 1140. The van der Waals surface area contributed by atoms with E-state index in [1.54, 1.807) is 6.92 Å². The Balaban J connectivity index is 2.68. The average Bonchev–Trinajstić information content (AvgIpc) is 2.67. The van der Waals surface area contributed by atoms with Gasteiger partial charge in [0.25, 0.3) is 10.0 Å². The molecule has 0 amide bonds. The normalized spacial score (nSPS) is 13.8. The molecule has 0 aliphatic carbocycles. The highest BCUT2D eigenvalue weighted by Crippen LogP contribution is 2.46. The summed E-state index contributed by atoms with van der Waals surface area (Å²) >= 11 is 0. The van der Waals surface area contributed by atoms with Crippen molar-refractivity contribution in [2.75, 3.05) is 25.1 Å². The highest BCUT2D eigenvalue weighted by Gasteiger charge is 2.36. The molecule has 0 radical (unpaired) electrons. The minimum atomic E-state index is -5.23. The molecule has 0 spiro atoms. The molecule has 30 heavy (non-hydrogen) atoms. The lowest BCUT2D eigenvalue weighted by Crippen LogP contribution is -2.29. The molecule has 0 N–H and O–H groups in total. The standard InChI is InChI=1S/C17H17F5NO5PS/c1-8-6-10(7-11(9(8)2)28-29(5,24)27-4)23(3)30(25,26)17-15(21)13(19)12(18)14(20)16(17)22/h6-7H,1-5H3. The summed E-state index contributed by atoms with van der Waals surface area (Å²) in [5.74, 6) is -12.3. The molecule has 0 aromatic heterocycles. The van der Waals surface area contributed by atoms with E-state index >= 15 is 0 Å². The van der Waals surface area contributed by atoms with E-state index in [9.17, 15) is 34.9 Å². The van der Waals surface area contributed by atoms with E-state index in [2.05, 4.69) is 0 Å². The van der Waals surface area contributed by atoms with Crippen LogP contribution in [0.4, 0.5) is 27.6 Å². The first-order valence-electron chi connectivity index (χ1n) is 8.10. The lowest BCUT2D eigenvalue weighted by atomic mass is 10.1. The molecule has 0 saturated carbocycles. The van der Waals surface area contributed by atoms with Gasteiger partial charge in [-0.25, -0.2) is 34.9 Å². The van der Waals surface area contributed by atoms with Gasteiger partial charge in [-0.2, -0.15) is 0 Å². The van der Waals surface area contributed by atoms with Crippen molar-refractivity contribution in [2.45, 2.75) is 18.7 Å². The van der Waals surface area contributed by atoms with Gasteiger partial charge in [-0.05, 0) is 31.0 Å². The summed E-state index contributed by atoms with van der Waals surface area (Å²) in [6.07, 6.45) is 0. The zero-order valence-electron chi connectivity index (χ0n) is 16.4. The van der Waals surface area contributed by atoms with E-state index in [0.717, 1.165) is 26.9 Å². The van der Waals surface area contributed by atoms with Crippen LogP contribution >= 0.6 is 7.60 Å². The Hall–Kier alpha value is -2.17. The Morgan fingerprint density at radius 3 is 1.87 bits per heavy atom. The van der Waals surface area contributed by atoms with Crippen molar-refractivity contribution in [2.24, 2.45) is 0 Å². The molecular weight excluding hydrogens is 456 g/mol. The first-order chi connectivity index (χ1) is 13.7. The molecule has 166 valence electrons. The second kappa shape index (κ2) is 8.16. The van der Waals surface area contributed by atoms with E-state index < -0.39 is 51.6 Å². The van der Waals surface area contributed by atoms with Gasteiger partial charge in [-0.1, -0.05) is 0 Å². The molecule has 0 heterocycles. The van der Waals surface area contributed by atoms with Gasteiger partial charge in [-0.15, -0.1) is 0 Å². The van der Waals surface area contributed by atoms with Crippen LogP contribution in [0.25, 0.3) is 0 Å². The lowest BCUT2D eigenvalue weighted by molar-refractivity contribution is 0.328. The van der Waals surface area contributed by atoms with Gasteiger partial charge in [0.2, 0.25) is 5.82 Å². The average molecular weight is 473 g/mol. The molecule has 1 atom stereocenters.